The Bertz CT molecular complexity index is 671. The van der Waals surface area contributed by atoms with Gasteiger partial charge in [0.2, 0.25) is 0 Å². The second-order valence-corrected chi connectivity index (χ2v) is 5.24. The Morgan fingerprint density at radius 2 is 2.15 bits per heavy atom. The SMILES string of the molecule is CCNc1nc2c([N+](=O)[O-])ccc(Cl)c2cc1C(C)C. The standard InChI is InChI=1S/C14H16ClN3O2/c1-4-16-14-9(8(2)3)7-10-11(15)5-6-12(18(19)20)13(10)17-14/h5-8H,4H2,1-3H3,(H,16,17). The predicted octanol–water partition coefficient (Wildman–Crippen LogP) is 4.35. The number of hydrogen-bond donors (Lipinski definition) is 1. The first-order valence-corrected chi connectivity index (χ1v) is 6.84. The second-order valence-electron chi connectivity index (χ2n) is 4.83. The number of halogens is 1. The van der Waals surface area contributed by atoms with E-state index in [0.29, 0.717) is 28.3 Å². The van der Waals surface area contributed by atoms with E-state index in [0.717, 1.165) is 5.56 Å². The van der Waals surface area contributed by atoms with Crippen LogP contribution >= 0.6 is 11.6 Å². The molecule has 1 aromatic heterocycles. The summed E-state index contributed by atoms with van der Waals surface area (Å²) in [4.78, 5) is 15.1. The van der Waals surface area contributed by atoms with E-state index in [9.17, 15) is 10.1 Å². The Morgan fingerprint density at radius 1 is 1.45 bits per heavy atom. The minimum atomic E-state index is -0.434. The zero-order chi connectivity index (χ0) is 14.9. The van der Waals surface area contributed by atoms with Crippen LogP contribution in [0.3, 0.4) is 0 Å². The van der Waals surface area contributed by atoms with Crippen molar-refractivity contribution in [1.82, 2.24) is 4.98 Å². The Labute approximate surface area is 122 Å². The molecule has 0 unspecified atom stereocenters. The van der Waals surface area contributed by atoms with E-state index >= 15 is 0 Å². The summed E-state index contributed by atoms with van der Waals surface area (Å²) in [6, 6.07) is 4.82. The first-order valence-electron chi connectivity index (χ1n) is 6.47. The maximum absolute atomic E-state index is 11.1. The Hall–Kier alpha value is -1.88. The third-order valence-electron chi connectivity index (χ3n) is 3.10. The van der Waals surface area contributed by atoms with E-state index < -0.39 is 4.92 Å². The van der Waals surface area contributed by atoms with Crippen LogP contribution in [0.25, 0.3) is 10.9 Å². The molecule has 0 saturated heterocycles. The summed E-state index contributed by atoms with van der Waals surface area (Å²) in [5.41, 5.74) is 1.29. The molecule has 0 radical (unpaired) electrons. The zero-order valence-electron chi connectivity index (χ0n) is 11.6. The third-order valence-corrected chi connectivity index (χ3v) is 3.43. The minimum absolute atomic E-state index is 0.0288. The lowest BCUT2D eigenvalue weighted by Crippen LogP contribution is -2.06. The number of nitro benzene ring substituents is 1. The number of non-ortho nitro benzene ring substituents is 1. The van der Waals surface area contributed by atoms with Crippen LogP contribution in [0.15, 0.2) is 18.2 Å². The highest BCUT2D eigenvalue weighted by Gasteiger charge is 2.19. The van der Waals surface area contributed by atoms with Crippen LogP contribution in [0.1, 0.15) is 32.3 Å². The Morgan fingerprint density at radius 3 is 2.70 bits per heavy atom. The number of aromatic nitrogens is 1. The number of nitro groups is 1. The normalized spacial score (nSPS) is 11.1. The number of fused-ring (bicyclic) bond motifs is 1. The first-order chi connectivity index (χ1) is 9.45. The van der Waals surface area contributed by atoms with Crippen LogP contribution in [0, 0.1) is 10.1 Å². The van der Waals surface area contributed by atoms with Crippen LogP contribution in [0.5, 0.6) is 0 Å². The molecule has 0 aliphatic rings. The van der Waals surface area contributed by atoms with Gasteiger partial charge in [-0.15, -0.1) is 0 Å². The fourth-order valence-electron chi connectivity index (χ4n) is 2.12. The maximum atomic E-state index is 11.1. The number of anilines is 1. The molecular formula is C14H16ClN3O2. The van der Waals surface area contributed by atoms with Gasteiger partial charge in [0.15, 0.2) is 5.52 Å². The van der Waals surface area contributed by atoms with Crippen LogP contribution in [-0.2, 0) is 0 Å². The number of pyridine rings is 1. The molecule has 6 heteroatoms. The van der Waals surface area contributed by atoms with Crippen molar-refractivity contribution in [1.29, 1.82) is 0 Å². The lowest BCUT2D eigenvalue weighted by Gasteiger charge is -2.14. The summed E-state index contributed by atoms with van der Waals surface area (Å²) in [6.07, 6.45) is 0. The van der Waals surface area contributed by atoms with Gasteiger partial charge < -0.3 is 5.32 Å². The van der Waals surface area contributed by atoms with E-state index in [1.807, 2.05) is 13.0 Å². The highest BCUT2D eigenvalue weighted by Crippen LogP contribution is 2.34. The van der Waals surface area contributed by atoms with Gasteiger partial charge in [-0.05, 0) is 30.5 Å². The molecule has 1 N–H and O–H groups in total. The average molecular weight is 294 g/mol. The van der Waals surface area contributed by atoms with E-state index in [4.69, 9.17) is 11.6 Å². The van der Waals surface area contributed by atoms with E-state index in [2.05, 4.69) is 24.1 Å². The maximum Gasteiger partial charge on any atom is 0.295 e. The summed E-state index contributed by atoms with van der Waals surface area (Å²) in [5, 5.41) is 15.4. The van der Waals surface area contributed by atoms with Crippen LogP contribution in [0.4, 0.5) is 11.5 Å². The third kappa shape index (κ3) is 2.54. The summed E-state index contributed by atoms with van der Waals surface area (Å²) in [6.45, 7) is 6.76. The summed E-state index contributed by atoms with van der Waals surface area (Å²) >= 11 is 6.16. The highest BCUT2D eigenvalue weighted by atomic mass is 35.5. The number of hydrogen-bond acceptors (Lipinski definition) is 4. The lowest BCUT2D eigenvalue weighted by atomic mass is 10.0. The second kappa shape index (κ2) is 5.63. The molecule has 2 aromatic rings. The smallest absolute Gasteiger partial charge is 0.295 e. The van der Waals surface area contributed by atoms with Crippen molar-refractivity contribution in [3.05, 3.63) is 38.9 Å². The molecule has 20 heavy (non-hydrogen) atoms. The van der Waals surface area contributed by atoms with Crippen molar-refractivity contribution >= 4 is 34.0 Å². The fourth-order valence-corrected chi connectivity index (χ4v) is 2.33. The molecule has 0 amide bonds. The van der Waals surface area contributed by atoms with E-state index in [1.165, 1.54) is 6.07 Å². The van der Waals surface area contributed by atoms with Gasteiger partial charge in [0.25, 0.3) is 5.69 Å². The molecule has 1 heterocycles. The highest BCUT2D eigenvalue weighted by molar-refractivity contribution is 6.35. The fraction of sp³-hybridized carbons (Fsp3) is 0.357. The van der Waals surface area contributed by atoms with Crippen molar-refractivity contribution < 1.29 is 4.92 Å². The lowest BCUT2D eigenvalue weighted by molar-refractivity contribution is -0.383. The molecule has 0 atom stereocenters. The van der Waals surface area contributed by atoms with Crippen molar-refractivity contribution in [2.75, 3.05) is 11.9 Å². The summed E-state index contributed by atoms with van der Waals surface area (Å²) in [7, 11) is 0. The summed E-state index contributed by atoms with van der Waals surface area (Å²) in [5.74, 6) is 0.927. The largest absolute Gasteiger partial charge is 0.370 e. The first kappa shape index (κ1) is 14.5. The Kier molecular flexibility index (Phi) is 4.09. The van der Waals surface area contributed by atoms with Crippen molar-refractivity contribution in [2.24, 2.45) is 0 Å². The summed E-state index contributed by atoms with van der Waals surface area (Å²) < 4.78 is 0. The predicted molar refractivity (Wildman–Crippen MR) is 81.7 cm³/mol. The number of benzene rings is 1. The van der Waals surface area contributed by atoms with Crippen molar-refractivity contribution in [3.63, 3.8) is 0 Å². The molecule has 0 saturated carbocycles. The van der Waals surface area contributed by atoms with Gasteiger partial charge in [-0.1, -0.05) is 25.4 Å². The quantitative estimate of drug-likeness (QED) is 0.672. The van der Waals surface area contributed by atoms with Gasteiger partial charge in [0, 0.05) is 18.0 Å². The molecule has 5 nitrogen and oxygen atoms in total. The topological polar surface area (TPSA) is 68.1 Å². The van der Waals surface area contributed by atoms with Gasteiger partial charge in [0.1, 0.15) is 5.82 Å². The minimum Gasteiger partial charge on any atom is -0.370 e. The molecule has 0 aliphatic carbocycles. The zero-order valence-corrected chi connectivity index (χ0v) is 12.4. The van der Waals surface area contributed by atoms with Crippen molar-refractivity contribution in [3.8, 4) is 0 Å². The molecule has 1 aromatic carbocycles. The van der Waals surface area contributed by atoms with Crippen LogP contribution < -0.4 is 5.32 Å². The van der Waals surface area contributed by atoms with Gasteiger partial charge in [-0.25, -0.2) is 4.98 Å². The molecule has 0 spiro atoms. The number of nitrogens with zero attached hydrogens (tertiary/aromatic N) is 2. The van der Waals surface area contributed by atoms with Gasteiger partial charge in [-0.2, -0.15) is 0 Å². The number of nitrogens with one attached hydrogen (secondary N) is 1. The molecular weight excluding hydrogens is 278 g/mol. The van der Waals surface area contributed by atoms with Crippen LogP contribution in [0.2, 0.25) is 5.02 Å². The molecule has 0 aliphatic heterocycles. The van der Waals surface area contributed by atoms with E-state index in [-0.39, 0.29) is 11.6 Å². The van der Waals surface area contributed by atoms with Gasteiger partial charge >= 0.3 is 0 Å². The number of rotatable bonds is 4. The molecule has 0 bridgehead atoms. The van der Waals surface area contributed by atoms with Crippen molar-refractivity contribution in [2.45, 2.75) is 26.7 Å². The van der Waals surface area contributed by atoms with Crippen LogP contribution in [-0.4, -0.2) is 16.5 Å². The van der Waals surface area contributed by atoms with Gasteiger partial charge in [0.05, 0.1) is 9.95 Å². The average Bonchev–Trinajstić information content (AvgIpc) is 2.38. The van der Waals surface area contributed by atoms with Gasteiger partial charge in [-0.3, -0.25) is 10.1 Å². The molecule has 2 rings (SSSR count). The monoisotopic (exact) mass is 293 g/mol. The Balaban J connectivity index is 2.82. The van der Waals surface area contributed by atoms with E-state index in [1.54, 1.807) is 6.07 Å². The molecule has 106 valence electrons. The molecule has 0 fully saturated rings.